The van der Waals surface area contributed by atoms with E-state index in [-0.39, 0.29) is 11.3 Å². The molecule has 5 heteroatoms. The zero-order valence-electron chi connectivity index (χ0n) is 11.1. The Labute approximate surface area is 116 Å². The van der Waals surface area contributed by atoms with Crippen LogP contribution in [0, 0.1) is 0 Å². The molecule has 0 aliphatic carbocycles. The molecule has 0 radical (unpaired) electrons. The van der Waals surface area contributed by atoms with Gasteiger partial charge in [-0.25, -0.2) is 0 Å². The Balaban J connectivity index is 2.52. The maximum Gasteiger partial charge on any atom is 0.201 e. The van der Waals surface area contributed by atoms with Crippen molar-refractivity contribution < 1.29 is 24.5 Å². The van der Waals surface area contributed by atoms with Gasteiger partial charge in [0.25, 0.3) is 0 Å². The van der Waals surface area contributed by atoms with Gasteiger partial charge in [-0.3, -0.25) is 4.79 Å². The second kappa shape index (κ2) is 5.52. The molecule has 5 nitrogen and oxygen atoms in total. The second-order valence-electron chi connectivity index (χ2n) is 4.04. The Morgan fingerprint density at radius 3 is 2.15 bits per heavy atom. The van der Waals surface area contributed by atoms with Crippen LogP contribution in [0.4, 0.5) is 0 Å². The lowest BCUT2D eigenvalue weighted by Crippen LogP contribution is -2.04. The molecular formula is C15H14O5. The third-order valence-corrected chi connectivity index (χ3v) is 2.93. The average Bonchev–Trinajstić information content (AvgIpc) is 2.49. The van der Waals surface area contributed by atoms with Crippen molar-refractivity contribution in [2.24, 2.45) is 0 Å². The number of phenolic OH excluding ortho intramolecular Hbond substituents is 2. The Kier molecular flexibility index (Phi) is 3.79. The monoisotopic (exact) mass is 274 g/mol. The highest BCUT2D eigenvalue weighted by Gasteiger charge is 2.21. The molecule has 0 saturated carbocycles. The fourth-order valence-corrected chi connectivity index (χ4v) is 1.89. The number of methoxy groups -OCH3 is 2. The van der Waals surface area contributed by atoms with Gasteiger partial charge in [0.05, 0.1) is 25.3 Å². The number of benzene rings is 2. The van der Waals surface area contributed by atoms with Gasteiger partial charge in [-0.2, -0.15) is 0 Å². The number of para-hydroxylation sites is 1. The van der Waals surface area contributed by atoms with Crippen LogP contribution in [0.5, 0.6) is 23.0 Å². The van der Waals surface area contributed by atoms with Gasteiger partial charge in [0.1, 0.15) is 5.75 Å². The highest BCUT2D eigenvalue weighted by molar-refractivity contribution is 6.12. The molecule has 0 fully saturated rings. The number of hydrogen-bond acceptors (Lipinski definition) is 5. The summed E-state index contributed by atoms with van der Waals surface area (Å²) in [5.74, 6) is -0.933. The molecule has 2 aromatic rings. The summed E-state index contributed by atoms with van der Waals surface area (Å²) in [6, 6.07) is 9.47. The van der Waals surface area contributed by atoms with Crippen molar-refractivity contribution in [2.45, 2.75) is 0 Å². The first-order chi connectivity index (χ1) is 9.60. The summed E-state index contributed by atoms with van der Waals surface area (Å²) in [5.41, 5.74) is 0.280. The van der Waals surface area contributed by atoms with Crippen molar-refractivity contribution in [1.82, 2.24) is 0 Å². The first-order valence-corrected chi connectivity index (χ1v) is 5.86. The van der Waals surface area contributed by atoms with E-state index in [2.05, 4.69) is 0 Å². The van der Waals surface area contributed by atoms with E-state index in [0.29, 0.717) is 11.3 Å². The number of carbonyl (C=O) groups is 1. The quantitative estimate of drug-likeness (QED) is 0.661. The molecule has 0 aliphatic heterocycles. The number of hydrogen-bond donors (Lipinski definition) is 2. The standard InChI is InChI=1S/C15H14O5/c1-19-11-6-4-3-5-9(11)13(16)10-7-8-12(20-2)15(18)14(10)17/h3-8,17-18H,1-2H3. The molecule has 0 aliphatic rings. The van der Waals surface area contributed by atoms with E-state index in [1.807, 2.05) is 0 Å². The Morgan fingerprint density at radius 1 is 0.850 bits per heavy atom. The number of ketones is 1. The van der Waals surface area contributed by atoms with Crippen LogP contribution in [0.3, 0.4) is 0 Å². The van der Waals surface area contributed by atoms with Gasteiger partial charge in [0, 0.05) is 0 Å². The highest BCUT2D eigenvalue weighted by Crippen LogP contribution is 2.39. The summed E-state index contributed by atoms with van der Waals surface area (Å²) in [5, 5.41) is 19.7. The molecule has 0 aromatic heterocycles. The van der Waals surface area contributed by atoms with E-state index in [1.54, 1.807) is 24.3 Å². The smallest absolute Gasteiger partial charge is 0.201 e. The summed E-state index contributed by atoms with van der Waals surface area (Å²) >= 11 is 0. The number of ether oxygens (including phenoxy) is 2. The predicted octanol–water partition coefficient (Wildman–Crippen LogP) is 2.35. The van der Waals surface area contributed by atoms with E-state index in [1.165, 1.54) is 26.4 Å². The zero-order valence-corrected chi connectivity index (χ0v) is 11.1. The van der Waals surface area contributed by atoms with Crippen LogP contribution >= 0.6 is 0 Å². The minimum Gasteiger partial charge on any atom is -0.504 e. The number of phenols is 2. The molecule has 104 valence electrons. The lowest BCUT2D eigenvalue weighted by atomic mass is 10.0. The largest absolute Gasteiger partial charge is 0.504 e. The fraction of sp³-hybridized carbons (Fsp3) is 0.133. The first-order valence-electron chi connectivity index (χ1n) is 5.86. The van der Waals surface area contributed by atoms with Crippen LogP contribution in [0.2, 0.25) is 0 Å². The SMILES string of the molecule is COc1ccccc1C(=O)c1ccc(OC)c(O)c1O. The summed E-state index contributed by atoms with van der Waals surface area (Å²) in [6.45, 7) is 0. The van der Waals surface area contributed by atoms with Gasteiger partial charge >= 0.3 is 0 Å². The molecule has 0 bridgehead atoms. The van der Waals surface area contributed by atoms with E-state index in [9.17, 15) is 15.0 Å². The van der Waals surface area contributed by atoms with Crippen LogP contribution in [0.1, 0.15) is 15.9 Å². The molecule has 0 atom stereocenters. The lowest BCUT2D eigenvalue weighted by molar-refractivity contribution is 0.103. The van der Waals surface area contributed by atoms with Crippen molar-refractivity contribution in [3.8, 4) is 23.0 Å². The first kappa shape index (κ1) is 13.7. The minimum absolute atomic E-state index is 0.0206. The number of rotatable bonds is 4. The van der Waals surface area contributed by atoms with E-state index < -0.39 is 17.3 Å². The van der Waals surface area contributed by atoms with Gasteiger partial charge in [0.15, 0.2) is 11.5 Å². The third kappa shape index (κ3) is 2.25. The molecule has 0 spiro atoms. The second-order valence-corrected chi connectivity index (χ2v) is 4.04. The number of aromatic hydroxyl groups is 2. The maximum absolute atomic E-state index is 12.4. The molecule has 2 rings (SSSR count). The zero-order chi connectivity index (χ0) is 14.7. The summed E-state index contributed by atoms with van der Waals surface area (Å²) in [7, 11) is 2.81. The molecule has 2 N–H and O–H groups in total. The van der Waals surface area contributed by atoms with E-state index in [4.69, 9.17) is 9.47 Å². The molecular weight excluding hydrogens is 260 g/mol. The van der Waals surface area contributed by atoms with Crippen LogP contribution in [0.25, 0.3) is 0 Å². The normalized spacial score (nSPS) is 10.1. The van der Waals surface area contributed by atoms with Crippen LogP contribution in [0.15, 0.2) is 36.4 Å². The van der Waals surface area contributed by atoms with Gasteiger partial charge in [-0.15, -0.1) is 0 Å². The highest BCUT2D eigenvalue weighted by atomic mass is 16.5. The third-order valence-electron chi connectivity index (χ3n) is 2.93. The van der Waals surface area contributed by atoms with Crippen molar-refractivity contribution in [3.63, 3.8) is 0 Å². The van der Waals surface area contributed by atoms with Gasteiger partial charge in [-0.05, 0) is 24.3 Å². The fourth-order valence-electron chi connectivity index (χ4n) is 1.89. The van der Waals surface area contributed by atoms with Gasteiger partial charge in [0.2, 0.25) is 11.5 Å². The van der Waals surface area contributed by atoms with Crippen molar-refractivity contribution in [2.75, 3.05) is 14.2 Å². The predicted molar refractivity (Wildman–Crippen MR) is 72.8 cm³/mol. The van der Waals surface area contributed by atoms with Gasteiger partial charge in [-0.1, -0.05) is 12.1 Å². The Morgan fingerprint density at radius 2 is 1.50 bits per heavy atom. The van der Waals surface area contributed by atoms with Gasteiger partial charge < -0.3 is 19.7 Å². The Hall–Kier alpha value is -2.69. The minimum atomic E-state index is -0.514. The van der Waals surface area contributed by atoms with Crippen molar-refractivity contribution in [1.29, 1.82) is 0 Å². The summed E-state index contributed by atoms with van der Waals surface area (Å²) < 4.78 is 9.98. The van der Waals surface area contributed by atoms with Crippen LogP contribution in [-0.4, -0.2) is 30.2 Å². The molecule has 20 heavy (non-hydrogen) atoms. The Bertz CT molecular complexity index is 649. The van der Waals surface area contributed by atoms with Crippen molar-refractivity contribution in [3.05, 3.63) is 47.5 Å². The van der Waals surface area contributed by atoms with E-state index in [0.717, 1.165) is 0 Å². The van der Waals surface area contributed by atoms with Crippen LogP contribution in [-0.2, 0) is 0 Å². The molecule has 0 saturated heterocycles. The molecule has 0 unspecified atom stereocenters. The summed E-state index contributed by atoms with van der Waals surface area (Å²) in [6.07, 6.45) is 0. The molecule has 0 heterocycles. The molecule has 2 aromatic carbocycles. The topological polar surface area (TPSA) is 76.0 Å². The average molecular weight is 274 g/mol. The maximum atomic E-state index is 12.4. The van der Waals surface area contributed by atoms with Crippen LogP contribution < -0.4 is 9.47 Å². The van der Waals surface area contributed by atoms with Crippen molar-refractivity contribution >= 4 is 5.78 Å². The number of carbonyl (C=O) groups excluding carboxylic acids is 1. The van der Waals surface area contributed by atoms with E-state index >= 15 is 0 Å². The summed E-state index contributed by atoms with van der Waals surface area (Å²) in [4.78, 5) is 12.4. The molecule has 0 amide bonds. The lowest BCUT2D eigenvalue weighted by Gasteiger charge is -2.11.